The SMILES string of the molecule is CC/C=C\C/C=C\C/C=C\CCCCCCCCOCC(COC(=O)CCCCCCCCC/C=C\C/C=C\CCCCC)OC(=O)CCCCCCCCCCCCCCC. The Morgan fingerprint density at radius 2 is 0.726 bits per heavy atom. The highest BCUT2D eigenvalue weighted by Crippen LogP contribution is 2.15. The summed E-state index contributed by atoms with van der Waals surface area (Å²) < 4.78 is 17.4. The van der Waals surface area contributed by atoms with Crippen LogP contribution in [0.4, 0.5) is 0 Å². The highest BCUT2D eigenvalue weighted by molar-refractivity contribution is 5.70. The summed E-state index contributed by atoms with van der Waals surface area (Å²) in [6.07, 6.45) is 66.5. The van der Waals surface area contributed by atoms with Crippen LogP contribution in [-0.2, 0) is 23.8 Å². The molecule has 1 unspecified atom stereocenters. The molecule has 0 saturated carbocycles. The van der Waals surface area contributed by atoms with Crippen LogP contribution >= 0.6 is 0 Å². The number of carbonyl (C=O) groups excluding carboxylic acids is 2. The summed E-state index contributed by atoms with van der Waals surface area (Å²) in [6.45, 7) is 7.69. The first-order valence-electron chi connectivity index (χ1n) is 26.8. The molecule has 0 N–H and O–H groups in total. The van der Waals surface area contributed by atoms with E-state index in [0.29, 0.717) is 19.4 Å². The van der Waals surface area contributed by atoms with Gasteiger partial charge in [0, 0.05) is 19.4 Å². The lowest BCUT2D eigenvalue weighted by Gasteiger charge is -2.18. The van der Waals surface area contributed by atoms with Crippen LogP contribution in [0.2, 0.25) is 0 Å². The maximum Gasteiger partial charge on any atom is 0.306 e. The van der Waals surface area contributed by atoms with Gasteiger partial charge in [-0.15, -0.1) is 0 Å². The molecule has 0 rings (SSSR count). The van der Waals surface area contributed by atoms with Crippen molar-refractivity contribution in [2.24, 2.45) is 0 Å². The van der Waals surface area contributed by atoms with Gasteiger partial charge in [-0.2, -0.15) is 0 Å². The Labute approximate surface area is 385 Å². The quantitative estimate of drug-likeness (QED) is 0.0346. The average molecular weight is 867 g/mol. The van der Waals surface area contributed by atoms with Crippen molar-refractivity contribution in [3.63, 3.8) is 0 Å². The lowest BCUT2D eigenvalue weighted by molar-refractivity contribution is -0.163. The number of ether oxygens (including phenoxy) is 3. The van der Waals surface area contributed by atoms with Crippen LogP contribution < -0.4 is 0 Å². The topological polar surface area (TPSA) is 61.8 Å². The third-order valence-corrected chi connectivity index (χ3v) is 11.5. The summed E-state index contributed by atoms with van der Waals surface area (Å²) >= 11 is 0. The number of esters is 2. The zero-order valence-corrected chi connectivity index (χ0v) is 41.4. The summed E-state index contributed by atoms with van der Waals surface area (Å²) in [7, 11) is 0. The molecule has 0 radical (unpaired) electrons. The molecule has 0 aliphatic rings. The Hall–Kier alpha value is -2.40. The molecule has 0 aromatic heterocycles. The molecule has 5 heteroatoms. The number of carbonyl (C=O) groups is 2. The zero-order valence-electron chi connectivity index (χ0n) is 41.4. The Balaban J connectivity index is 4.28. The molecular formula is C57H102O5. The number of hydrogen-bond donors (Lipinski definition) is 0. The molecule has 62 heavy (non-hydrogen) atoms. The molecule has 0 aliphatic heterocycles. The summed E-state index contributed by atoms with van der Waals surface area (Å²) in [5, 5.41) is 0. The van der Waals surface area contributed by atoms with Crippen molar-refractivity contribution in [3.8, 4) is 0 Å². The highest BCUT2D eigenvalue weighted by Gasteiger charge is 2.17. The summed E-state index contributed by atoms with van der Waals surface area (Å²) in [5.41, 5.74) is 0. The van der Waals surface area contributed by atoms with Crippen LogP contribution in [0, 0.1) is 0 Å². The highest BCUT2D eigenvalue weighted by atomic mass is 16.6. The van der Waals surface area contributed by atoms with E-state index in [0.717, 1.165) is 77.0 Å². The first kappa shape index (κ1) is 59.6. The molecule has 0 aromatic rings. The van der Waals surface area contributed by atoms with Crippen molar-refractivity contribution in [2.45, 2.75) is 271 Å². The minimum atomic E-state index is -0.545. The molecule has 5 nitrogen and oxygen atoms in total. The minimum Gasteiger partial charge on any atom is -0.462 e. The van der Waals surface area contributed by atoms with E-state index < -0.39 is 6.10 Å². The first-order chi connectivity index (χ1) is 30.6. The van der Waals surface area contributed by atoms with Gasteiger partial charge >= 0.3 is 11.9 Å². The largest absolute Gasteiger partial charge is 0.462 e. The number of unbranched alkanes of at least 4 members (excludes halogenated alkanes) is 28. The van der Waals surface area contributed by atoms with E-state index >= 15 is 0 Å². The minimum absolute atomic E-state index is 0.0773. The lowest BCUT2D eigenvalue weighted by atomic mass is 10.0. The van der Waals surface area contributed by atoms with Gasteiger partial charge in [0.25, 0.3) is 0 Å². The van der Waals surface area contributed by atoms with Crippen molar-refractivity contribution in [3.05, 3.63) is 60.8 Å². The van der Waals surface area contributed by atoms with Gasteiger partial charge in [-0.3, -0.25) is 9.59 Å². The lowest BCUT2D eigenvalue weighted by Crippen LogP contribution is -2.30. The van der Waals surface area contributed by atoms with E-state index in [1.165, 1.54) is 154 Å². The van der Waals surface area contributed by atoms with Gasteiger partial charge in [0.15, 0.2) is 6.10 Å². The van der Waals surface area contributed by atoms with Crippen LogP contribution in [0.1, 0.15) is 265 Å². The maximum absolute atomic E-state index is 12.8. The molecule has 1 atom stereocenters. The Kier molecular flexibility index (Phi) is 50.9. The Morgan fingerprint density at radius 1 is 0.371 bits per heavy atom. The smallest absolute Gasteiger partial charge is 0.306 e. The Morgan fingerprint density at radius 3 is 1.19 bits per heavy atom. The van der Waals surface area contributed by atoms with Crippen LogP contribution in [0.5, 0.6) is 0 Å². The molecular weight excluding hydrogens is 765 g/mol. The van der Waals surface area contributed by atoms with Gasteiger partial charge in [0.2, 0.25) is 0 Å². The van der Waals surface area contributed by atoms with Gasteiger partial charge in [-0.25, -0.2) is 0 Å². The van der Waals surface area contributed by atoms with E-state index in [9.17, 15) is 9.59 Å². The molecule has 0 aromatic carbocycles. The van der Waals surface area contributed by atoms with Gasteiger partial charge < -0.3 is 14.2 Å². The van der Waals surface area contributed by atoms with Crippen molar-refractivity contribution in [1.29, 1.82) is 0 Å². The fraction of sp³-hybridized carbons (Fsp3) is 0.789. The fourth-order valence-electron chi connectivity index (χ4n) is 7.56. The normalized spacial score (nSPS) is 12.6. The van der Waals surface area contributed by atoms with Crippen molar-refractivity contribution in [2.75, 3.05) is 19.8 Å². The van der Waals surface area contributed by atoms with Gasteiger partial charge in [-0.1, -0.05) is 229 Å². The van der Waals surface area contributed by atoms with Gasteiger partial charge in [0.1, 0.15) is 6.61 Å². The fourth-order valence-corrected chi connectivity index (χ4v) is 7.56. The predicted octanol–water partition coefficient (Wildman–Crippen LogP) is 18.1. The van der Waals surface area contributed by atoms with Crippen molar-refractivity contribution >= 4 is 11.9 Å². The van der Waals surface area contributed by atoms with Gasteiger partial charge in [0.05, 0.1) is 6.61 Å². The molecule has 0 amide bonds. The average Bonchev–Trinajstić information content (AvgIpc) is 3.27. The van der Waals surface area contributed by atoms with Crippen molar-refractivity contribution in [1.82, 2.24) is 0 Å². The molecule has 0 bridgehead atoms. The van der Waals surface area contributed by atoms with Crippen LogP contribution in [0.3, 0.4) is 0 Å². The van der Waals surface area contributed by atoms with E-state index in [1.807, 2.05) is 0 Å². The van der Waals surface area contributed by atoms with E-state index in [4.69, 9.17) is 14.2 Å². The first-order valence-corrected chi connectivity index (χ1v) is 26.8. The van der Waals surface area contributed by atoms with Crippen LogP contribution in [0.15, 0.2) is 60.8 Å². The summed E-state index contributed by atoms with van der Waals surface area (Å²) in [6, 6.07) is 0. The number of allylic oxidation sites excluding steroid dienone is 10. The van der Waals surface area contributed by atoms with E-state index in [1.54, 1.807) is 0 Å². The molecule has 0 saturated heterocycles. The molecule has 0 spiro atoms. The maximum atomic E-state index is 12.8. The summed E-state index contributed by atoms with van der Waals surface area (Å²) in [5.74, 6) is -0.405. The van der Waals surface area contributed by atoms with Crippen LogP contribution in [-0.4, -0.2) is 37.9 Å². The number of hydrogen-bond acceptors (Lipinski definition) is 5. The Bertz CT molecular complexity index is 1070. The summed E-state index contributed by atoms with van der Waals surface area (Å²) in [4.78, 5) is 25.4. The second kappa shape index (κ2) is 52.9. The standard InChI is InChI=1S/C57H102O5/c1-4-7-10-13-16-19-22-25-27-29-30-33-35-38-41-44-47-50-56(58)61-54-55(62-57(59)51-48-45-42-39-36-32-24-21-18-15-12-9-6-3)53-60-52-49-46-43-40-37-34-31-28-26-23-20-17-14-11-8-5-2/h8,11,16-17,19-20,25-28,55H,4-7,9-10,12-15,18,21-24,29-54H2,1-3H3/b11-8-,19-16-,20-17-,27-25-,28-26-. The monoisotopic (exact) mass is 867 g/mol. The van der Waals surface area contributed by atoms with E-state index in [2.05, 4.69) is 81.5 Å². The molecule has 0 heterocycles. The zero-order chi connectivity index (χ0) is 44.9. The third kappa shape index (κ3) is 50.2. The van der Waals surface area contributed by atoms with Crippen molar-refractivity contribution < 1.29 is 23.8 Å². The second-order valence-corrected chi connectivity index (χ2v) is 17.8. The van der Waals surface area contributed by atoms with E-state index in [-0.39, 0.29) is 25.2 Å². The third-order valence-electron chi connectivity index (χ3n) is 11.5. The second-order valence-electron chi connectivity index (χ2n) is 17.8. The molecule has 360 valence electrons. The predicted molar refractivity (Wildman–Crippen MR) is 270 cm³/mol. The molecule has 0 aliphatic carbocycles. The van der Waals surface area contributed by atoms with Gasteiger partial charge in [-0.05, 0) is 83.5 Å². The van der Waals surface area contributed by atoms with Crippen LogP contribution in [0.25, 0.3) is 0 Å². The number of rotatable bonds is 49. The molecule has 0 fully saturated rings.